The van der Waals surface area contributed by atoms with Crippen LogP contribution in [0.2, 0.25) is 0 Å². The molecule has 1 aromatic rings. The molecule has 1 aromatic carbocycles. The zero-order chi connectivity index (χ0) is 11.3. The molecule has 0 atom stereocenters. The highest BCUT2D eigenvalue weighted by Crippen LogP contribution is 2.10. The van der Waals surface area contributed by atoms with Crippen molar-refractivity contribution in [3.05, 3.63) is 34.3 Å². The van der Waals surface area contributed by atoms with Crippen LogP contribution in [0.15, 0.2) is 28.7 Å². The van der Waals surface area contributed by atoms with Gasteiger partial charge in [0.05, 0.1) is 0 Å². The smallest absolute Gasteiger partial charge is 0.274 e. The van der Waals surface area contributed by atoms with Crippen LogP contribution in [0.1, 0.15) is 10.4 Å². The molecule has 0 radical (unpaired) electrons. The number of hydrogen-bond donors (Lipinski definition) is 2. The second kappa shape index (κ2) is 5.47. The van der Waals surface area contributed by atoms with E-state index in [2.05, 4.69) is 26.2 Å². The first-order chi connectivity index (χ1) is 7.09. The van der Waals surface area contributed by atoms with E-state index in [0.717, 1.165) is 4.47 Å². The number of carbonyl (C=O) groups is 2. The third-order valence-corrected chi connectivity index (χ3v) is 2.01. The number of amides is 2. The first-order valence-electron chi connectivity index (χ1n) is 4.05. The van der Waals surface area contributed by atoms with Crippen molar-refractivity contribution in [3.63, 3.8) is 0 Å². The van der Waals surface area contributed by atoms with Gasteiger partial charge in [0.15, 0.2) is 6.61 Å². The average molecular weight is 273 g/mol. The fourth-order valence-corrected chi connectivity index (χ4v) is 1.10. The Labute approximate surface area is 94.7 Å². The zero-order valence-electron chi connectivity index (χ0n) is 7.70. The van der Waals surface area contributed by atoms with Gasteiger partial charge in [0, 0.05) is 10.0 Å². The van der Waals surface area contributed by atoms with Crippen LogP contribution in [0.5, 0.6) is 0 Å². The monoisotopic (exact) mass is 272 g/mol. The molecule has 15 heavy (non-hydrogen) atoms. The Bertz CT molecular complexity index is 364. The molecule has 6 heteroatoms. The number of primary amides is 1. The molecule has 0 unspecified atom stereocenters. The molecule has 0 heterocycles. The van der Waals surface area contributed by atoms with Gasteiger partial charge >= 0.3 is 0 Å². The van der Waals surface area contributed by atoms with Gasteiger partial charge in [-0.25, -0.2) is 5.48 Å². The highest BCUT2D eigenvalue weighted by atomic mass is 79.9. The zero-order valence-corrected chi connectivity index (χ0v) is 9.28. The maximum atomic E-state index is 11.3. The number of hydrogen-bond acceptors (Lipinski definition) is 3. The summed E-state index contributed by atoms with van der Waals surface area (Å²) in [7, 11) is 0. The predicted molar refractivity (Wildman–Crippen MR) is 56.8 cm³/mol. The molecule has 0 bridgehead atoms. The summed E-state index contributed by atoms with van der Waals surface area (Å²) in [4.78, 5) is 26.2. The molecule has 1 rings (SSSR count). The summed E-state index contributed by atoms with van der Waals surface area (Å²) in [6.45, 7) is -0.345. The minimum atomic E-state index is -0.647. The van der Waals surface area contributed by atoms with Crippen molar-refractivity contribution < 1.29 is 14.4 Å². The number of benzene rings is 1. The predicted octanol–water partition coefficient (Wildman–Crippen LogP) is 0.596. The minimum Gasteiger partial charge on any atom is -0.368 e. The largest absolute Gasteiger partial charge is 0.368 e. The molecule has 0 saturated carbocycles. The third kappa shape index (κ3) is 4.09. The number of nitrogens with two attached hydrogens (primary N) is 1. The fourth-order valence-electron chi connectivity index (χ4n) is 0.833. The summed E-state index contributed by atoms with van der Waals surface area (Å²) in [5.41, 5.74) is 7.34. The van der Waals surface area contributed by atoms with Gasteiger partial charge in [-0.2, -0.15) is 0 Å². The first-order valence-corrected chi connectivity index (χ1v) is 4.85. The van der Waals surface area contributed by atoms with E-state index in [4.69, 9.17) is 5.73 Å². The molecule has 0 aromatic heterocycles. The molecular weight excluding hydrogens is 264 g/mol. The Morgan fingerprint density at radius 2 is 1.93 bits per heavy atom. The van der Waals surface area contributed by atoms with Crippen LogP contribution in [-0.4, -0.2) is 18.4 Å². The molecule has 0 aliphatic carbocycles. The number of rotatable bonds is 4. The molecule has 80 valence electrons. The van der Waals surface area contributed by atoms with Crippen LogP contribution in [0.3, 0.4) is 0 Å². The molecule has 0 saturated heterocycles. The minimum absolute atomic E-state index is 0.345. The third-order valence-electron chi connectivity index (χ3n) is 1.49. The average Bonchev–Trinajstić information content (AvgIpc) is 2.18. The van der Waals surface area contributed by atoms with Crippen LogP contribution in [-0.2, 0) is 9.63 Å². The van der Waals surface area contributed by atoms with E-state index in [1.807, 2.05) is 0 Å². The highest BCUT2D eigenvalue weighted by molar-refractivity contribution is 9.10. The normalized spacial score (nSPS) is 9.67. The van der Waals surface area contributed by atoms with E-state index in [9.17, 15) is 9.59 Å². The highest BCUT2D eigenvalue weighted by Gasteiger charge is 2.05. The van der Waals surface area contributed by atoms with Crippen molar-refractivity contribution in [2.75, 3.05) is 6.61 Å². The molecule has 0 spiro atoms. The quantitative estimate of drug-likeness (QED) is 0.788. The van der Waals surface area contributed by atoms with E-state index in [1.54, 1.807) is 24.3 Å². The number of halogens is 1. The van der Waals surface area contributed by atoms with Gasteiger partial charge in [-0.15, -0.1) is 0 Å². The fraction of sp³-hybridized carbons (Fsp3) is 0.111. The van der Waals surface area contributed by atoms with Crippen molar-refractivity contribution in [2.24, 2.45) is 5.73 Å². The lowest BCUT2D eigenvalue weighted by atomic mass is 10.2. The van der Waals surface area contributed by atoms with E-state index in [0.29, 0.717) is 5.56 Å². The Kier molecular flexibility index (Phi) is 4.26. The van der Waals surface area contributed by atoms with Crippen molar-refractivity contribution in [1.82, 2.24) is 5.48 Å². The number of nitrogens with one attached hydrogen (secondary N) is 1. The first kappa shape index (κ1) is 11.7. The standard InChI is InChI=1S/C9H9BrN2O3/c10-7-3-1-6(2-4-7)9(14)12-15-5-8(11)13/h1-4H,5H2,(H2,11,13)(H,12,14). The molecule has 0 fully saturated rings. The van der Waals surface area contributed by atoms with Crippen LogP contribution in [0.25, 0.3) is 0 Å². The lowest BCUT2D eigenvalue weighted by Crippen LogP contribution is -2.29. The summed E-state index contributed by atoms with van der Waals surface area (Å²) in [6, 6.07) is 6.69. The second-order valence-corrected chi connectivity index (χ2v) is 3.61. The van der Waals surface area contributed by atoms with Gasteiger partial charge in [-0.1, -0.05) is 15.9 Å². The van der Waals surface area contributed by atoms with Crippen LogP contribution >= 0.6 is 15.9 Å². The molecule has 0 aliphatic heterocycles. The maximum absolute atomic E-state index is 11.3. The van der Waals surface area contributed by atoms with Gasteiger partial charge in [0.25, 0.3) is 5.91 Å². The van der Waals surface area contributed by atoms with Crippen molar-refractivity contribution >= 4 is 27.7 Å². The Morgan fingerprint density at radius 3 is 2.47 bits per heavy atom. The summed E-state index contributed by atoms with van der Waals surface area (Å²) < 4.78 is 0.872. The number of carbonyl (C=O) groups excluding carboxylic acids is 2. The topological polar surface area (TPSA) is 81.4 Å². The summed E-state index contributed by atoms with van der Waals surface area (Å²) in [5, 5.41) is 0. The van der Waals surface area contributed by atoms with Crippen LogP contribution in [0, 0.1) is 0 Å². The Morgan fingerprint density at radius 1 is 1.33 bits per heavy atom. The molecular formula is C9H9BrN2O3. The van der Waals surface area contributed by atoms with Crippen LogP contribution < -0.4 is 11.2 Å². The number of hydroxylamine groups is 1. The maximum Gasteiger partial charge on any atom is 0.274 e. The van der Waals surface area contributed by atoms with Crippen molar-refractivity contribution in [2.45, 2.75) is 0 Å². The Balaban J connectivity index is 2.47. The summed E-state index contributed by atoms with van der Waals surface area (Å²) >= 11 is 3.24. The lowest BCUT2D eigenvalue weighted by molar-refractivity contribution is -0.124. The second-order valence-electron chi connectivity index (χ2n) is 2.69. The van der Waals surface area contributed by atoms with E-state index in [-0.39, 0.29) is 6.61 Å². The summed E-state index contributed by atoms with van der Waals surface area (Å²) in [5.74, 6) is -1.07. The molecule has 2 amide bonds. The van der Waals surface area contributed by atoms with Gasteiger partial charge in [0.2, 0.25) is 5.91 Å². The van der Waals surface area contributed by atoms with Gasteiger partial charge in [-0.3, -0.25) is 14.4 Å². The van der Waals surface area contributed by atoms with E-state index >= 15 is 0 Å². The van der Waals surface area contributed by atoms with Gasteiger partial charge in [0.1, 0.15) is 0 Å². The molecule has 5 nitrogen and oxygen atoms in total. The summed E-state index contributed by atoms with van der Waals surface area (Å²) in [6.07, 6.45) is 0. The van der Waals surface area contributed by atoms with Gasteiger partial charge < -0.3 is 5.73 Å². The lowest BCUT2D eigenvalue weighted by Gasteiger charge is -2.03. The Hall–Kier alpha value is -1.40. The molecule has 3 N–H and O–H groups in total. The van der Waals surface area contributed by atoms with E-state index < -0.39 is 11.8 Å². The van der Waals surface area contributed by atoms with Gasteiger partial charge in [-0.05, 0) is 24.3 Å². The van der Waals surface area contributed by atoms with Crippen LogP contribution in [0.4, 0.5) is 0 Å². The van der Waals surface area contributed by atoms with E-state index in [1.165, 1.54) is 0 Å². The van der Waals surface area contributed by atoms with Crippen molar-refractivity contribution in [1.29, 1.82) is 0 Å². The SMILES string of the molecule is NC(=O)CONC(=O)c1ccc(Br)cc1. The molecule has 0 aliphatic rings. The van der Waals surface area contributed by atoms with Crippen molar-refractivity contribution in [3.8, 4) is 0 Å².